The van der Waals surface area contributed by atoms with Crippen molar-refractivity contribution in [2.75, 3.05) is 27.2 Å². The second-order valence-corrected chi connectivity index (χ2v) is 5.24. The summed E-state index contributed by atoms with van der Waals surface area (Å²) in [4.78, 5) is 16.4. The molecule has 2 aromatic rings. The first-order valence-electron chi connectivity index (χ1n) is 9.71. The minimum atomic E-state index is -2.62. The fourth-order valence-corrected chi connectivity index (χ4v) is 2.19. The molecule has 0 unspecified atom stereocenters. The van der Waals surface area contributed by atoms with Crippen LogP contribution in [0.4, 0.5) is 4.79 Å². The van der Waals surface area contributed by atoms with Gasteiger partial charge in [-0.3, -0.25) is 0 Å². The molecule has 112 valence electrons. The van der Waals surface area contributed by atoms with Crippen molar-refractivity contribution >= 4 is 17.0 Å². The Labute approximate surface area is 132 Å². The Morgan fingerprint density at radius 1 is 1.57 bits per heavy atom. The number of hydrogen-bond donors (Lipinski definition) is 2. The molecule has 1 aliphatic rings. The minimum Gasteiger partial charge on any atom is -0.447 e. The lowest BCUT2D eigenvalue weighted by molar-refractivity contribution is 0.177. The number of cyclic esters (lactones) is 1. The molecule has 1 fully saturated rings. The number of alkyl carbamates (subject to hydrolysis) is 1. The van der Waals surface area contributed by atoms with E-state index in [1.54, 1.807) is 6.20 Å². The van der Waals surface area contributed by atoms with E-state index in [2.05, 4.69) is 15.0 Å². The first-order chi connectivity index (χ1) is 12.5. The van der Waals surface area contributed by atoms with Crippen molar-refractivity contribution in [3.63, 3.8) is 0 Å². The number of carbonyl (C=O) groups excluding carboxylic acids is 1. The number of hydrogen-bond acceptors (Lipinski definition) is 3. The highest BCUT2D eigenvalue weighted by molar-refractivity contribution is 5.84. The maximum Gasteiger partial charge on any atom is 0.407 e. The molecule has 1 aliphatic heterocycles. The molecule has 21 heavy (non-hydrogen) atoms. The van der Waals surface area contributed by atoms with Crippen molar-refractivity contribution in [2.24, 2.45) is 0 Å². The number of ether oxygens (including phenoxy) is 1. The van der Waals surface area contributed by atoms with Gasteiger partial charge < -0.3 is 19.9 Å². The van der Waals surface area contributed by atoms with Gasteiger partial charge in [0, 0.05) is 23.6 Å². The van der Waals surface area contributed by atoms with Gasteiger partial charge in [-0.25, -0.2) is 4.79 Å². The zero-order chi connectivity index (χ0) is 20.1. The first-order valence-corrected chi connectivity index (χ1v) is 6.71. The molecule has 0 aliphatic carbocycles. The largest absolute Gasteiger partial charge is 0.447 e. The molecule has 0 bridgehead atoms. The Bertz CT molecular complexity index is 913. The van der Waals surface area contributed by atoms with Crippen LogP contribution >= 0.6 is 0 Å². The molecular formula is C16H21N3O2. The highest BCUT2D eigenvalue weighted by Crippen LogP contribution is 2.21. The summed E-state index contributed by atoms with van der Waals surface area (Å²) in [7, 11) is 3.85. The number of nitrogens with one attached hydrogen (secondary N) is 2. The van der Waals surface area contributed by atoms with Crippen LogP contribution in [0.1, 0.15) is 19.4 Å². The number of likely N-dealkylation sites (N-methyl/N-ethyl adjacent to an activating group) is 1. The molecule has 5 heteroatoms. The van der Waals surface area contributed by atoms with Gasteiger partial charge >= 0.3 is 6.09 Å². The van der Waals surface area contributed by atoms with E-state index in [0.29, 0.717) is 17.3 Å². The summed E-state index contributed by atoms with van der Waals surface area (Å²) in [6, 6.07) is -2.61. The van der Waals surface area contributed by atoms with Gasteiger partial charge in [0.1, 0.15) is 6.56 Å². The van der Waals surface area contributed by atoms with Crippen molar-refractivity contribution in [1.82, 2.24) is 15.2 Å². The average Bonchev–Trinajstić information content (AvgIpc) is 3.06. The normalized spacial score (nSPS) is 28.2. The summed E-state index contributed by atoms with van der Waals surface area (Å²) in [5.41, 5.74) is 1.21. The van der Waals surface area contributed by atoms with E-state index in [-0.39, 0.29) is 23.7 Å². The lowest BCUT2D eigenvalue weighted by Crippen LogP contribution is -2.28. The van der Waals surface area contributed by atoms with E-state index in [9.17, 15) is 4.79 Å². The SMILES string of the molecule is [2H]c1c(C[C@]2([2H])NC(=O)OC2([2H])[2H])c([2H])c2c(CCN(C)C)c[nH]c2c1[2H]. The quantitative estimate of drug-likeness (QED) is 0.885. The number of nitrogens with zero attached hydrogens (tertiary/aromatic N) is 1. The molecule has 0 radical (unpaired) electrons. The van der Waals surface area contributed by atoms with Gasteiger partial charge in [0.15, 0.2) is 0 Å². The van der Waals surface area contributed by atoms with E-state index >= 15 is 0 Å². The van der Waals surface area contributed by atoms with Crippen LogP contribution in [0.3, 0.4) is 0 Å². The molecule has 0 spiro atoms. The second kappa shape index (κ2) is 5.77. The van der Waals surface area contributed by atoms with Crippen LogP contribution < -0.4 is 5.32 Å². The number of aromatic nitrogens is 1. The topological polar surface area (TPSA) is 57.4 Å². The molecule has 1 aromatic carbocycles. The molecule has 2 N–H and O–H groups in total. The average molecular weight is 293 g/mol. The number of H-pyrrole nitrogens is 1. The van der Waals surface area contributed by atoms with Gasteiger partial charge in [-0.1, -0.05) is 6.04 Å². The molecule has 3 rings (SSSR count). The van der Waals surface area contributed by atoms with Crippen LogP contribution in [0.2, 0.25) is 0 Å². The lowest BCUT2D eigenvalue weighted by atomic mass is 10.0. The number of fused-ring (bicyclic) bond motifs is 1. The Kier molecular flexibility index (Phi) is 2.32. The van der Waals surface area contributed by atoms with Gasteiger partial charge in [0.05, 0.1) is 14.2 Å². The summed E-state index contributed by atoms with van der Waals surface area (Å²) >= 11 is 0. The van der Waals surface area contributed by atoms with E-state index in [4.69, 9.17) is 8.22 Å². The Hall–Kier alpha value is -2.01. The van der Waals surface area contributed by atoms with Crippen molar-refractivity contribution in [3.8, 4) is 0 Å². The molecule has 0 saturated carbocycles. The standard InChI is InChI=1S/C16H21N3O2/c1-19(2)6-5-12-9-17-15-4-3-11(8-14(12)15)7-13-10-21-16(20)18-13/h3-4,8-9,13,17H,5-7,10H2,1-2H3,(H,18,20)/t13-/m0/s1/i3D,4D,8D,10D2,13D. The molecule has 1 aromatic heterocycles. The van der Waals surface area contributed by atoms with Crippen molar-refractivity contribution in [2.45, 2.75) is 18.9 Å². The number of rotatable bonds is 5. The number of aromatic amines is 1. The molecule has 1 amide bonds. The zero-order valence-electron chi connectivity index (χ0n) is 18.0. The predicted molar refractivity (Wildman–Crippen MR) is 82.5 cm³/mol. The monoisotopic (exact) mass is 293 g/mol. The number of carbonyl (C=O) groups is 1. The second-order valence-electron chi connectivity index (χ2n) is 5.24. The van der Waals surface area contributed by atoms with Crippen molar-refractivity contribution in [1.29, 1.82) is 0 Å². The van der Waals surface area contributed by atoms with Crippen LogP contribution in [0.25, 0.3) is 10.9 Å². The summed E-state index contributed by atoms with van der Waals surface area (Å²) in [5, 5.41) is 2.62. The summed E-state index contributed by atoms with van der Waals surface area (Å²) < 4.78 is 53.4. The lowest BCUT2D eigenvalue weighted by Gasteiger charge is -2.09. The molecule has 1 atom stereocenters. The molecule has 1 saturated heterocycles. The van der Waals surface area contributed by atoms with Crippen LogP contribution in [0.15, 0.2) is 24.3 Å². The van der Waals surface area contributed by atoms with Crippen LogP contribution in [0, 0.1) is 0 Å². The van der Waals surface area contributed by atoms with E-state index < -0.39 is 25.1 Å². The summed E-state index contributed by atoms with van der Waals surface area (Å²) in [5.74, 6) is 0. The van der Waals surface area contributed by atoms with Gasteiger partial charge in [0.2, 0.25) is 0 Å². The van der Waals surface area contributed by atoms with Crippen molar-refractivity contribution in [3.05, 3.63) is 35.5 Å². The fourth-order valence-electron chi connectivity index (χ4n) is 2.19. The van der Waals surface area contributed by atoms with Gasteiger partial charge in [-0.2, -0.15) is 0 Å². The molecular weight excluding hydrogens is 266 g/mol. The van der Waals surface area contributed by atoms with E-state index in [0.717, 1.165) is 12.1 Å². The van der Waals surface area contributed by atoms with Crippen LogP contribution in [0.5, 0.6) is 0 Å². The summed E-state index contributed by atoms with van der Waals surface area (Å²) in [6.45, 7) is -1.89. The minimum absolute atomic E-state index is 0.0304. The molecule has 5 nitrogen and oxygen atoms in total. The summed E-state index contributed by atoms with van der Waals surface area (Å²) in [6.07, 6.45) is 0.822. The van der Waals surface area contributed by atoms with Crippen LogP contribution in [-0.2, 0) is 17.6 Å². The van der Waals surface area contributed by atoms with Crippen LogP contribution in [-0.4, -0.2) is 49.2 Å². The first kappa shape index (κ1) is 8.44. The predicted octanol–water partition coefficient (Wildman–Crippen LogP) is 1.92. The third-order valence-electron chi connectivity index (χ3n) is 3.28. The Morgan fingerprint density at radius 2 is 2.43 bits per heavy atom. The third kappa shape index (κ3) is 3.19. The Morgan fingerprint density at radius 3 is 3.14 bits per heavy atom. The van der Waals surface area contributed by atoms with Gasteiger partial charge in [0.25, 0.3) is 0 Å². The third-order valence-corrected chi connectivity index (χ3v) is 3.28. The van der Waals surface area contributed by atoms with Gasteiger partial charge in [-0.15, -0.1) is 0 Å². The molecule has 2 heterocycles. The number of benzene rings is 1. The fraction of sp³-hybridized carbons (Fsp3) is 0.438. The van der Waals surface area contributed by atoms with Gasteiger partial charge in [-0.05, 0) is 50.1 Å². The van der Waals surface area contributed by atoms with E-state index in [1.807, 2.05) is 19.0 Å². The van der Waals surface area contributed by atoms with E-state index in [1.165, 1.54) is 0 Å². The number of amides is 1. The zero-order valence-corrected chi connectivity index (χ0v) is 12.0. The highest BCUT2D eigenvalue weighted by atomic mass is 16.6. The Balaban J connectivity index is 2.10. The smallest absolute Gasteiger partial charge is 0.407 e. The van der Waals surface area contributed by atoms with Crippen molar-refractivity contribution < 1.29 is 17.8 Å². The maximum absolute atomic E-state index is 11.4. The highest BCUT2D eigenvalue weighted by Gasteiger charge is 2.22. The maximum atomic E-state index is 11.4.